The van der Waals surface area contributed by atoms with Crippen LogP contribution >= 0.6 is 0 Å². The number of rotatable bonds is 6. The maximum atomic E-state index is 12.1. The maximum absolute atomic E-state index is 12.1. The third-order valence-corrected chi connectivity index (χ3v) is 3.60. The van der Waals surface area contributed by atoms with Crippen LogP contribution in [-0.2, 0) is 4.79 Å². The number of benzene rings is 2. The van der Waals surface area contributed by atoms with Gasteiger partial charge >= 0.3 is 0 Å². The van der Waals surface area contributed by atoms with Crippen molar-refractivity contribution in [2.75, 3.05) is 7.11 Å². The van der Waals surface area contributed by atoms with Crippen LogP contribution in [0, 0.1) is 0 Å². The molecular formula is C18H22N2O2. The number of carbonyl (C=O) groups is 1. The third-order valence-electron chi connectivity index (χ3n) is 3.60. The highest BCUT2D eigenvalue weighted by atomic mass is 16.5. The van der Waals surface area contributed by atoms with E-state index >= 15 is 0 Å². The zero-order valence-corrected chi connectivity index (χ0v) is 13.0. The van der Waals surface area contributed by atoms with Crippen LogP contribution in [0.3, 0.4) is 0 Å². The molecule has 0 aliphatic rings. The topological polar surface area (TPSA) is 64.3 Å². The van der Waals surface area contributed by atoms with Gasteiger partial charge in [0.1, 0.15) is 5.75 Å². The first-order valence-electron chi connectivity index (χ1n) is 7.34. The highest BCUT2D eigenvalue weighted by molar-refractivity contribution is 5.77. The smallest absolute Gasteiger partial charge is 0.222 e. The van der Waals surface area contributed by atoms with E-state index < -0.39 is 0 Å². The highest BCUT2D eigenvalue weighted by Crippen LogP contribution is 2.19. The Morgan fingerprint density at radius 2 is 1.82 bits per heavy atom. The van der Waals surface area contributed by atoms with Crippen molar-refractivity contribution in [1.29, 1.82) is 0 Å². The van der Waals surface area contributed by atoms with E-state index in [1.807, 2.05) is 61.5 Å². The highest BCUT2D eigenvalue weighted by Gasteiger charge is 2.14. The van der Waals surface area contributed by atoms with Crippen molar-refractivity contribution in [2.45, 2.75) is 25.4 Å². The number of ether oxygens (including phenoxy) is 1. The van der Waals surface area contributed by atoms with E-state index in [9.17, 15) is 4.79 Å². The second kappa shape index (κ2) is 7.61. The molecule has 4 nitrogen and oxygen atoms in total. The first-order valence-corrected chi connectivity index (χ1v) is 7.34. The molecule has 0 aliphatic heterocycles. The zero-order chi connectivity index (χ0) is 15.9. The van der Waals surface area contributed by atoms with Gasteiger partial charge in [-0.2, -0.15) is 0 Å². The van der Waals surface area contributed by atoms with Crippen LogP contribution in [0.1, 0.15) is 36.6 Å². The lowest BCUT2D eigenvalue weighted by molar-refractivity contribution is -0.122. The fraction of sp³-hybridized carbons (Fsp3) is 0.278. The van der Waals surface area contributed by atoms with E-state index in [4.69, 9.17) is 10.5 Å². The second-order valence-electron chi connectivity index (χ2n) is 5.29. The Hall–Kier alpha value is -2.33. The summed E-state index contributed by atoms with van der Waals surface area (Å²) in [6, 6.07) is 16.9. The number of nitrogens with two attached hydrogens (primary N) is 1. The molecule has 0 aliphatic carbocycles. The summed E-state index contributed by atoms with van der Waals surface area (Å²) in [7, 11) is 1.63. The second-order valence-corrected chi connectivity index (χ2v) is 5.29. The van der Waals surface area contributed by atoms with Crippen molar-refractivity contribution >= 4 is 5.91 Å². The number of hydrogen-bond acceptors (Lipinski definition) is 3. The molecule has 4 heteroatoms. The molecule has 2 aromatic carbocycles. The Bertz CT molecular complexity index is 613. The van der Waals surface area contributed by atoms with Gasteiger partial charge in [0.05, 0.1) is 13.2 Å². The quantitative estimate of drug-likeness (QED) is 0.861. The molecule has 2 atom stereocenters. The first kappa shape index (κ1) is 16.0. The van der Waals surface area contributed by atoms with E-state index in [2.05, 4.69) is 5.32 Å². The van der Waals surface area contributed by atoms with Gasteiger partial charge in [0, 0.05) is 12.5 Å². The summed E-state index contributed by atoms with van der Waals surface area (Å²) in [5, 5.41) is 2.97. The van der Waals surface area contributed by atoms with Gasteiger partial charge in [0.15, 0.2) is 0 Å². The number of carbonyl (C=O) groups excluding carboxylic acids is 1. The lowest BCUT2D eigenvalue weighted by Crippen LogP contribution is -2.29. The molecule has 2 unspecified atom stereocenters. The first-order chi connectivity index (χ1) is 10.6. The van der Waals surface area contributed by atoms with Gasteiger partial charge in [-0.25, -0.2) is 0 Å². The summed E-state index contributed by atoms with van der Waals surface area (Å²) >= 11 is 0. The van der Waals surface area contributed by atoms with Gasteiger partial charge in [-0.15, -0.1) is 0 Å². The van der Waals surface area contributed by atoms with Gasteiger partial charge in [-0.05, 0) is 30.2 Å². The minimum Gasteiger partial charge on any atom is -0.497 e. The van der Waals surface area contributed by atoms with Crippen LogP contribution in [-0.4, -0.2) is 13.0 Å². The van der Waals surface area contributed by atoms with Crippen molar-refractivity contribution < 1.29 is 9.53 Å². The summed E-state index contributed by atoms with van der Waals surface area (Å²) in [5.41, 5.74) is 8.04. The fourth-order valence-electron chi connectivity index (χ4n) is 2.31. The average Bonchev–Trinajstić information content (AvgIpc) is 2.55. The van der Waals surface area contributed by atoms with Crippen LogP contribution in [0.15, 0.2) is 54.6 Å². The molecule has 0 fully saturated rings. The van der Waals surface area contributed by atoms with Crippen molar-refractivity contribution in [1.82, 2.24) is 5.32 Å². The van der Waals surface area contributed by atoms with Crippen molar-refractivity contribution in [3.05, 3.63) is 65.7 Å². The SMILES string of the molecule is COc1cccc(C(C)NC(=O)CC(N)c2ccccc2)c1. The molecule has 2 aromatic rings. The third kappa shape index (κ3) is 4.33. The summed E-state index contributed by atoms with van der Waals surface area (Å²) < 4.78 is 5.20. The summed E-state index contributed by atoms with van der Waals surface area (Å²) in [6.07, 6.45) is 0.262. The number of amides is 1. The van der Waals surface area contributed by atoms with E-state index in [0.717, 1.165) is 16.9 Å². The Morgan fingerprint density at radius 3 is 2.50 bits per heavy atom. The van der Waals surface area contributed by atoms with E-state index in [1.165, 1.54) is 0 Å². The van der Waals surface area contributed by atoms with E-state index in [0.29, 0.717) is 0 Å². The van der Waals surface area contributed by atoms with E-state index in [-0.39, 0.29) is 24.4 Å². The zero-order valence-electron chi connectivity index (χ0n) is 13.0. The molecule has 1 amide bonds. The molecule has 116 valence electrons. The molecule has 0 bridgehead atoms. The predicted octanol–water partition coefficient (Wildman–Crippen LogP) is 2.96. The number of nitrogens with one attached hydrogen (secondary N) is 1. The minimum atomic E-state index is -0.293. The fourth-order valence-corrected chi connectivity index (χ4v) is 2.31. The van der Waals surface area contributed by atoms with Gasteiger partial charge in [-0.3, -0.25) is 4.79 Å². The summed E-state index contributed by atoms with van der Waals surface area (Å²) in [6.45, 7) is 1.95. The lowest BCUT2D eigenvalue weighted by Gasteiger charge is -2.17. The monoisotopic (exact) mass is 298 g/mol. The molecule has 0 spiro atoms. The molecule has 0 radical (unpaired) electrons. The summed E-state index contributed by atoms with van der Waals surface area (Å²) in [4.78, 5) is 12.1. The molecule has 3 N–H and O–H groups in total. The van der Waals surface area contributed by atoms with Crippen LogP contribution < -0.4 is 15.8 Å². The minimum absolute atomic E-state index is 0.0633. The molecule has 0 saturated carbocycles. The summed E-state index contributed by atoms with van der Waals surface area (Å²) in [5.74, 6) is 0.714. The Kier molecular flexibility index (Phi) is 5.55. The van der Waals surface area contributed by atoms with Crippen LogP contribution in [0.5, 0.6) is 5.75 Å². The number of hydrogen-bond donors (Lipinski definition) is 2. The van der Waals surface area contributed by atoms with Crippen LogP contribution in [0.25, 0.3) is 0 Å². The number of methoxy groups -OCH3 is 1. The van der Waals surface area contributed by atoms with E-state index in [1.54, 1.807) is 7.11 Å². The molecule has 22 heavy (non-hydrogen) atoms. The molecule has 2 rings (SSSR count). The lowest BCUT2D eigenvalue weighted by atomic mass is 10.0. The largest absolute Gasteiger partial charge is 0.497 e. The Balaban J connectivity index is 1.93. The average molecular weight is 298 g/mol. The molecular weight excluding hydrogens is 276 g/mol. The Morgan fingerprint density at radius 1 is 1.14 bits per heavy atom. The van der Waals surface area contributed by atoms with Gasteiger partial charge in [0.2, 0.25) is 5.91 Å². The van der Waals surface area contributed by atoms with Crippen LogP contribution in [0.4, 0.5) is 0 Å². The Labute approximate surface area is 131 Å². The van der Waals surface area contributed by atoms with Gasteiger partial charge < -0.3 is 15.8 Å². The molecule has 0 heterocycles. The van der Waals surface area contributed by atoms with Crippen molar-refractivity contribution in [3.8, 4) is 5.75 Å². The molecule has 0 saturated heterocycles. The predicted molar refractivity (Wildman–Crippen MR) is 87.5 cm³/mol. The van der Waals surface area contributed by atoms with Gasteiger partial charge in [-0.1, -0.05) is 42.5 Å². The van der Waals surface area contributed by atoms with Crippen LogP contribution in [0.2, 0.25) is 0 Å². The van der Waals surface area contributed by atoms with Crippen molar-refractivity contribution in [3.63, 3.8) is 0 Å². The van der Waals surface area contributed by atoms with Crippen molar-refractivity contribution in [2.24, 2.45) is 5.73 Å². The standard InChI is InChI=1S/C18H22N2O2/c1-13(15-9-6-10-16(11-15)22-2)20-18(21)12-17(19)14-7-4-3-5-8-14/h3-11,13,17H,12,19H2,1-2H3,(H,20,21). The maximum Gasteiger partial charge on any atom is 0.222 e. The molecule has 0 aromatic heterocycles. The normalized spacial score (nSPS) is 13.2. The van der Waals surface area contributed by atoms with Gasteiger partial charge in [0.25, 0.3) is 0 Å².